The van der Waals surface area contributed by atoms with Crippen molar-refractivity contribution in [1.29, 1.82) is 0 Å². The van der Waals surface area contributed by atoms with E-state index in [-0.39, 0.29) is 0 Å². The Balaban J connectivity index is 2.14. The van der Waals surface area contributed by atoms with Gasteiger partial charge in [-0.05, 0) is 24.7 Å². The van der Waals surface area contributed by atoms with Crippen LogP contribution < -0.4 is 0 Å². The molecule has 0 unspecified atom stereocenters. The molecule has 0 spiro atoms. The Hall–Kier alpha value is -0.260. The standard InChI is InChI=1S/C9H16/c1-8(2)6-7-9-4-3-5-9/h6-9H,3-5H2,1-2H3/b7-6+. The lowest BCUT2D eigenvalue weighted by atomic mass is 9.85. The Kier molecular flexibility index (Phi) is 2.32. The van der Waals surface area contributed by atoms with Gasteiger partial charge in [0.2, 0.25) is 0 Å². The second kappa shape index (κ2) is 3.05. The van der Waals surface area contributed by atoms with Gasteiger partial charge < -0.3 is 0 Å². The molecule has 0 aromatic rings. The van der Waals surface area contributed by atoms with E-state index in [1.165, 1.54) is 19.3 Å². The number of hydrogen-bond acceptors (Lipinski definition) is 0. The Morgan fingerprint density at radius 3 is 2.33 bits per heavy atom. The third-order valence-electron chi connectivity index (χ3n) is 1.92. The molecule has 0 heterocycles. The summed E-state index contributed by atoms with van der Waals surface area (Å²) < 4.78 is 0. The first-order valence-electron chi connectivity index (χ1n) is 3.97. The summed E-state index contributed by atoms with van der Waals surface area (Å²) in [6.45, 7) is 4.46. The maximum absolute atomic E-state index is 2.38. The van der Waals surface area contributed by atoms with Gasteiger partial charge >= 0.3 is 0 Å². The van der Waals surface area contributed by atoms with Crippen molar-refractivity contribution in [3.05, 3.63) is 12.2 Å². The van der Waals surface area contributed by atoms with Gasteiger partial charge in [-0.1, -0.05) is 32.4 Å². The number of allylic oxidation sites excluding steroid dienone is 2. The Bertz CT molecular complexity index is 96.6. The molecule has 52 valence electrons. The van der Waals surface area contributed by atoms with E-state index in [4.69, 9.17) is 0 Å². The molecule has 0 amide bonds. The van der Waals surface area contributed by atoms with Crippen molar-refractivity contribution in [2.45, 2.75) is 33.1 Å². The Labute approximate surface area is 58.0 Å². The van der Waals surface area contributed by atoms with Crippen LogP contribution in [0.25, 0.3) is 0 Å². The van der Waals surface area contributed by atoms with Crippen LogP contribution >= 0.6 is 0 Å². The lowest BCUT2D eigenvalue weighted by Gasteiger charge is -2.21. The summed E-state index contributed by atoms with van der Waals surface area (Å²) in [5.74, 6) is 1.68. The molecular weight excluding hydrogens is 108 g/mol. The summed E-state index contributed by atoms with van der Waals surface area (Å²) in [6, 6.07) is 0. The van der Waals surface area contributed by atoms with Gasteiger partial charge in [0.15, 0.2) is 0 Å². The zero-order valence-electron chi connectivity index (χ0n) is 6.43. The highest BCUT2D eigenvalue weighted by Gasteiger charge is 2.12. The normalized spacial score (nSPS) is 21.2. The van der Waals surface area contributed by atoms with Gasteiger partial charge in [-0.15, -0.1) is 0 Å². The molecule has 0 saturated heterocycles. The van der Waals surface area contributed by atoms with Crippen molar-refractivity contribution >= 4 is 0 Å². The van der Waals surface area contributed by atoms with Crippen LogP contribution in [0.5, 0.6) is 0 Å². The Morgan fingerprint density at radius 2 is 2.00 bits per heavy atom. The van der Waals surface area contributed by atoms with E-state index >= 15 is 0 Å². The molecule has 1 rings (SSSR count). The first-order chi connectivity index (χ1) is 4.29. The third kappa shape index (κ3) is 2.21. The number of rotatable bonds is 2. The van der Waals surface area contributed by atoms with Gasteiger partial charge in [0.1, 0.15) is 0 Å². The van der Waals surface area contributed by atoms with Gasteiger partial charge in [0.25, 0.3) is 0 Å². The molecule has 0 aliphatic heterocycles. The summed E-state index contributed by atoms with van der Waals surface area (Å²) in [5, 5.41) is 0. The first-order valence-corrected chi connectivity index (χ1v) is 3.97. The average molecular weight is 124 g/mol. The van der Waals surface area contributed by atoms with E-state index in [9.17, 15) is 0 Å². The molecule has 1 aliphatic rings. The fraction of sp³-hybridized carbons (Fsp3) is 0.778. The summed E-state index contributed by atoms with van der Waals surface area (Å²) in [5.41, 5.74) is 0. The maximum atomic E-state index is 2.38. The van der Waals surface area contributed by atoms with Crippen molar-refractivity contribution in [3.8, 4) is 0 Å². The van der Waals surface area contributed by atoms with Crippen molar-refractivity contribution in [2.24, 2.45) is 11.8 Å². The van der Waals surface area contributed by atoms with E-state index in [0.29, 0.717) is 0 Å². The maximum Gasteiger partial charge on any atom is -0.0233 e. The first kappa shape index (κ1) is 6.85. The second-order valence-corrected chi connectivity index (χ2v) is 3.32. The Morgan fingerprint density at radius 1 is 1.33 bits per heavy atom. The fourth-order valence-electron chi connectivity index (χ4n) is 1.01. The molecule has 0 heteroatoms. The van der Waals surface area contributed by atoms with Gasteiger partial charge in [0.05, 0.1) is 0 Å². The molecule has 0 nitrogen and oxygen atoms in total. The fourth-order valence-corrected chi connectivity index (χ4v) is 1.01. The molecule has 0 aromatic heterocycles. The van der Waals surface area contributed by atoms with Gasteiger partial charge in [-0.2, -0.15) is 0 Å². The van der Waals surface area contributed by atoms with Crippen LogP contribution in [0.3, 0.4) is 0 Å². The quantitative estimate of drug-likeness (QED) is 0.496. The molecule has 0 aromatic carbocycles. The zero-order chi connectivity index (χ0) is 6.69. The van der Waals surface area contributed by atoms with Crippen molar-refractivity contribution in [2.75, 3.05) is 0 Å². The predicted molar refractivity (Wildman–Crippen MR) is 41.3 cm³/mol. The molecule has 0 atom stereocenters. The van der Waals surface area contributed by atoms with Gasteiger partial charge in [-0.3, -0.25) is 0 Å². The van der Waals surface area contributed by atoms with E-state index < -0.39 is 0 Å². The van der Waals surface area contributed by atoms with Crippen LogP contribution in [-0.2, 0) is 0 Å². The minimum absolute atomic E-state index is 0.741. The molecule has 1 aliphatic carbocycles. The van der Waals surface area contributed by atoms with Crippen molar-refractivity contribution in [1.82, 2.24) is 0 Å². The summed E-state index contributed by atoms with van der Waals surface area (Å²) in [4.78, 5) is 0. The predicted octanol–water partition coefficient (Wildman–Crippen LogP) is 3.00. The molecule has 0 N–H and O–H groups in total. The third-order valence-corrected chi connectivity index (χ3v) is 1.92. The van der Waals surface area contributed by atoms with Crippen LogP contribution in [0.4, 0.5) is 0 Å². The lowest BCUT2D eigenvalue weighted by molar-refractivity contribution is 0.386. The highest BCUT2D eigenvalue weighted by Crippen LogP contribution is 2.27. The molecule has 1 saturated carbocycles. The highest BCUT2D eigenvalue weighted by atomic mass is 14.2. The zero-order valence-corrected chi connectivity index (χ0v) is 6.43. The molecular formula is C9H16. The van der Waals surface area contributed by atoms with E-state index in [0.717, 1.165) is 11.8 Å². The molecule has 1 fully saturated rings. The minimum Gasteiger partial charge on any atom is -0.0857 e. The van der Waals surface area contributed by atoms with Crippen molar-refractivity contribution in [3.63, 3.8) is 0 Å². The summed E-state index contributed by atoms with van der Waals surface area (Å²) >= 11 is 0. The molecule has 0 radical (unpaired) electrons. The largest absolute Gasteiger partial charge is 0.0857 e. The van der Waals surface area contributed by atoms with Crippen LogP contribution in [0, 0.1) is 11.8 Å². The van der Waals surface area contributed by atoms with E-state index in [1.54, 1.807) is 0 Å². The number of hydrogen-bond donors (Lipinski definition) is 0. The summed E-state index contributed by atoms with van der Waals surface area (Å²) in [6.07, 6.45) is 9.03. The second-order valence-electron chi connectivity index (χ2n) is 3.32. The monoisotopic (exact) mass is 124 g/mol. The van der Waals surface area contributed by atoms with Gasteiger partial charge in [-0.25, -0.2) is 0 Å². The smallest absolute Gasteiger partial charge is 0.0233 e. The minimum atomic E-state index is 0.741. The van der Waals surface area contributed by atoms with Crippen LogP contribution in [0.2, 0.25) is 0 Å². The molecule has 0 bridgehead atoms. The topological polar surface area (TPSA) is 0 Å². The van der Waals surface area contributed by atoms with E-state index in [1.807, 2.05) is 0 Å². The van der Waals surface area contributed by atoms with Crippen LogP contribution in [0.1, 0.15) is 33.1 Å². The average Bonchev–Trinajstić information content (AvgIpc) is 1.60. The lowest BCUT2D eigenvalue weighted by Crippen LogP contribution is -2.07. The summed E-state index contributed by atoms with van der Waals surface area (Å²) in [7, 11) is 0. The van der Waals surface area contributed by atoms with Crippen LogP contribution in [-0.4, -0.2) is 0 Å². The van der Waals surface area contributed by atoms with Crippen LogP contribution in [0.15, 0.2) is 12.2 Å². The highest BCUT2D eigenvalue weighted by molar-refractivity contribution is 4.93. The van der Waals surface area contributed by atoms with E-state index in [2.05, 4.69) is 26.0 Å². The molecule has 9 heavy (non-hydrogen) atoms. The van der Waals surface area contributed by atoms with Crippen molar-refractivity contribution < 1.29 is 0 Å². The SMILES string of the molecule is CC(C)/C=C/C1CCC1. The van der Waals surface area contributed by atoms with Gasteiger partial charge in [0, 0.05) is 0 Å².